The van der Waals surface area contributed by atoms with Gasteiger partial charge in [-0.2, -0.15) is 13.2 Å². The Labute approximate surface area is 125 Å². The van der Waals surface area contributed by atoms with Crippen molar-refractivity contribution in [1.29, 1.82) is 0 Å². The summed E-state index contributed by atoms with van der Waals surface area (Å²) in [7, 11) is 0. The van der Waals surface area contributed by atoms with Crippen molar-refractivity contribution in [2.24, 2.45) is 4.99 Å². The second kappa shape index (κ2) is 6.87. The summed E-state index contributed by atoms with van der Waals surface area (Å²) in [5, 5.41) is 3.65. The molecule has 1 fully saturated rings. The van der Waals surface area contributed by atoms with Gasteiger partial charge in [0.1, 0.15) is 0 Å². The third-order valence-corrected chi connectivity index (χ3v) is 4.44. The number of hydrogen-bond donors (Lipinski definition) is 1. The number of carbonyl (C=O) groups is 1. The van der Waals surface area contributed by atoms with E-state index in [-0.39, 0.29) is 12.5 Å². The molecule has 5 nitrogen and oxygen atoms in total. The van der Waals surface area contributed by atoms with Crippen molar-refractivity contribution >= 4 is 22.8 Å². The van der Waals surface area contributed by atoms with Gasteiger partial charge in [-0.15, -0.1) is 0 Å². The highest BCUT2D eigenvalue weighted by molar-refractivity contribution is 8.14. The summed E-state index contributed by atoms with van der Waals surface area (Å²) in [6.45, 7) is 3.96. The van der Waals surface area contributed by atoms with E-state index in [1.807, 2.05) is 0 Å². The number of hydrogen-bond acceptors (Lipinski definition) is 5. The summed E-state index contributed by atoms with van der Waals surface area (Å²) in [5.41, 5.74) is 0. The number of alkyl halides is 3. The maximum absolute atomic E-state index is 12.0. The first-order chi connectivity index (χ1) is 9.85. The van der Waals surface area contributed by atoms with Crippen molar-refractivity contribution in [2.45, 2.75) is 18.3 Å². The summed E-state index contributed by atoms with van der Waals surface area (Å²) < 4.78 is 36.0. The first kappa shape index (κ1) is 16.4. The van der Waals surface area contributed by atoms with E-state index < -0.39 is 12.7 Å². The number of nitrogens with zero attached hydrogens (tertiary/aromatic N) is 3. The second-order valence-corrected chi connectivity index (χ2v) is 6.54. The standard InChI is InChI=1S/C12H19F3N4OS/c1-9-6-17-11(21-9)19-4-2-18(3-5-19)10(20)7-16-8-12(13,14)15/h9,16H,2-8H2,1H3/t9-/m1/s1. The van der Waals surface area contributed by atoms with Gasteiger partial charge in [-0.1, -0.05) is 18.7 Å². The van der Waals surface area contributed by atoms with Gasteiger partial charge in [0.05, 0.1) is 19.6 Å². The van der Waals surface area contributed by atoms with E-state index >= 15 is 0 Å². The summed E-state index contributed by atoms with van der Waals surface area (Å²) >= 11 is 1.73. The monoisotopic (exact) mass is 324 g/mol. The zero-order chi connectivity index (χ0) is 15.5. The first-order valence-electron chi connectivity index (χ1n) is 6.86. The van der Waals surface area contributed by atoms with Crippen molar-refractivity contribution in [2.75, 3.05) is 45.8 Å². The molecule has 0 saturated carbocycles. The van der Waals surface area contributed by atoms with Crippen molar-refractivity contribution in [3.63, 3.8) is 0 Å². The molecule has 1 amide bonds. The molecule has 0 radical (unpaired) electrons. The fraction of sp³-hybridized carbons (Fsp3) is 0.833. The lowest BCUT2D eigenvalue weighted by Crippen LogP contribution is -2.52. The Morgan fingerprint density at radius 2 is 2.05 bits per heavy atom. The number of aliphatic imine (C=N–C) groups is 1. The molecule has 0 aromatic carbocycles. The van der Waals surface area contributed by atoms with E-state index in [0.29, 0.717) is 31.4 Å². The third-order valence-electron chi connectivity index (χ3n) is 3.29. The van der Waals surface area contributed by atoms with Crippen molar-refractivity contribution < 1.29 is 18.0 Å². The van der Waals surface area contributed by atoms with Gasteiger partial charge >= 0.3 is 6.18 Å². The average molecular weight is 324 g/mol. The molecule has 0 aliphatic carbocycles. The predicted octanol–water partition coefficient (Wildman–Crippen LogP) is 0.774. The van der Waals surface area contributed by atoms with Crippen LogP contribution in [0.5, 0.6) is 0 Å². The van der Waals surface area contributed by atoms with Crippen LogP contribution in [-0.4, -0.2) is 78.1 Å². The lowest BCUT2D eigenvalue weighted by atomic mass is 10.3. The van der Waals surface area contributed by atoms with Gasteiger partial charge in [0.25, 0.3) is 0 Å². The summed E-state index contributed by atoms with van der Waals surface area (Å²) in [5.74, 6) is -0.284. The number of carbonyl (C=O) groups excluding carboxylic acids is 1. The normalized spacial score (nSPS) is 23.4. The number of amides is 1. The van der Waals surface area contributed by atoms with Crippen LogP contribution in [0.25, 0.3) is 0 Å². The summed E-state index contributed by atoms with van der Waals surface area (Å²) in [6.07, 6.45) is -4.28. The Kier molecular flexibility index (Phi) is 5.37. The van der Waals surface area contributed by atoms with Crippen LogP contribution in [0, 0.1) is 0 Å². The number of thioether (sulfide) groups is 1. The summed E-state index contributed by atoms with van der Waals surface area (Å²) in [6, 6.07) is 0. The van der Waals surface area contributed by atoms with Crippen LogP contribution in [0.2, 0.25) is 0 Å². The zero-order valence-electron chi connectivity index (χ0n) is 11.8. The molecule has 1 saturated heterocycles. The Morgan fingerprint density at radius 1 is 1.38 bits per heavy atom. The van der Waals surface area contributed by atoms with Gasteiger partial charge in [-0.25, -0.2) is 0 Å². The number of halogens is 3. The molecule has 0 unspecified atom stereocenters. The van der Waals surface area contributed by atoms with Crippen LogP contribution >= 0.6 is 11.8 Å². The Balaban J connectivity index is 1.70. The first-order valence-corrected chi connectivity index (χ1v) is 7.74. The predicted molar refractivity (Wildman–Crippen MR) is 76.4 cm³/mol. The molecule has 1 N–H and O–H groups in total. The Morgan fingerprint density at radius 3 is 2.57 bits per heavy atom. The van der Waals surface area contributed by atoms with E-state index in [0.717, 1.165) is 11.7 Å². The maximum atomic E-state index is 12.0. The van der Waals surface area contributed by atoms with E-state index in [1.54, 1.807) is 16.7 Å². The molecule has 0 spiro atoms. The van der Waals surface area contributed by atoms with Crippen LogP contribution < -0.4 is 5.32 Å². The van der Waals surface area contributed by atoms with Crippen LogP contribution in [0.4, 0.5) is 13.2 Å². The molecule has 2 aliphatic rings. The molecule has 2 aliphatic heterocycles. The summed E-state index contributed by atoms with van der Waals surface area (Å²) in [4.78, 5) is 20.0. The highest BCUT2D eigenvalue weighted by Crippen LogP contribution is 2.23. The van der Waals surface area contributed by atoms with Gasteiger partial charge in [0, 0.05) is 31.4 Å². The van der Waals surface area contributed by atoms with Crippen LogP contribution in [0.3, 0.4) is 0 Å². The smallest absolute Gasteiger partial charge is 0.348 e. The Hall–Kier alpha value is -0.960. The molecule has 21 heavy (non-hydrogen) atoms. The molecule has 2 rings (SSSR count). The number of nitrogens with one attached hydrogen (secondary N) is 1. The minimum absolute atomic E-state index is 0.272. The zero-order valence-corrected chi connectivity index (χ0v) is 12.6. The number of rotatable bonds is 3. The minimum Gasteiger partial charge on any atom is -0.348 e. The van der Waals surface area contributed by atoms with Crippen molar-refractivity contribution in [3.05, 3.63) is 0 Å². The topological polar surface area (TPSA) is 47.9 Å². The van der Waals surface area contributed by atoms with Gasteiger partial charge in [-0.05, 0) is 0 Å². The maximum Gasteiger partial charge on any atom is 0.401 e. The van der Waals surface area contributed by atoms with E-state index in [1.165, 1.54) is 0 Å². The lowest BCUT2D eigenvalue weighted by molar-refractivity contribution is -0.135. The molecular weight excluding hydrogens is 305 g/mol. The van der Waals surface area contributed by atoms with Crippen molar-refractivity contribution in [3.8, 4) is 0 Å². The highest BCUT2D eigenvalue weighted by Gasteiger charge is 2.29. The average Bonchev–Trinajstić information content (AvgIpc) is 2.84. The van der Waals surface area contributed by atoms with Crippen LogP contribution in [0.15, 0.2) is 4.99 Å². The minimum atomic E-state index is -4.28. The van der Waals surface area contributed by atoms with Crippen LogP contribution in [-0.2, 0) is 4.79 Å². The van der Waals surface area contributed by atoms with Crippen molar-refractivity contribution in [1.82, 2.24) is 15.1 Å². The molecule has 1 atom stereocenters. The largest absolute Gasteiger partial charge is 0.401 e. The van der Waals surface area contributed by atoms with E-state index in [4.69, 9.17) is 0 Å². The number of piperazine rings is 1. The molecule has 0 aromatic heterocycles. The van der Waals surface area contributed by atoms with E-state index in [2.05, 4.69) is 22.1 Å². The van der Waals surface area contributed by atoms with E-state index in [9.17, 15) is 18.0 Å². The van der Waals surface area contributed by atoms with Gasteiger partial charge in [0.15, 0.2) is 5.17 Å². The van der Waals surface area contributed by atoms with Crippen LogP contribution in [0.1, 0.15) is 6.92 Å². The molecule has 0 bridgehead atoms. The van der Waals surface area contributed by atoms with Gasteiger partial charge in [-0.3, -0.25) is 9.79 Å². The number of amidine groups is 1. The molecule has 0 aromatic rings. The lowest BCUT2D eigenvalue weighted by Gasteiger charge is -2.35. The Bertz CT molecular complexity index is 408. The molecular formula is C12H19F3N4OS. The quantitative estimate of drug-likeness (QED) is 0.833. The molecule has 2 heterocycles. The third kappa shape index (κ3) is 5.06. The highest BCUT2D eigenvalue weighted by atomic mass is 32.2. The molecule has 120 valence electrons. The van der Waals surface area contributed by atoms with Gasteiger partial charge in [0.2, 0.25) is 5.91 Å². The molecule has 9 heteroatoms. The second-order valence-electron chi connectivity index (χ2n) is 5.14. The fourth-order valence-corrected chi connectivity index (χ4v) is 3.20. The van der Waals surface area contributed by atoms with Gasteiger partial charge < -0.3 is 15.1 Å². The fourth-order valence-electron chi connectivity index (χ4n) is 2.21. The SMILES string of the molecule is C[C@@H]1CN=C(N2CCN(C(=O)CNCC(F)(F)F)CC2)S1.